The van der Waals surface area contributed by atoms with Crippen molar-refractivity contribution in [2.24, 2.45) is 0 Å². The molecule has 2 aromatic rings. The molecule has 1 aromatic heterocycles. The molecule has 0 aliphatic carbocycles. The molecule has 25 heavy (non-hydrogen) atoms. The van der Waals surface area contributed by atoms with Crippen LogP contribution in [-0.4, -0.2) is 29.0 Å². The van der Waals surface area contributed by atoms with Crippen LogP contribution in [0.3, 0.4) is 0 Å². The highest BCUT2D eigenvalue weighted by Crippen LogP contribution is 2.26. The number of para-hydroxylation sites is 2. The Labute approximate surface area is 148 Å². The Bertz CT molecular complexity index is 755. The van der Waals surface area contributed by atoms with Crippen LogP contribution in [0, 0.1) is 11.3 Å². The predicted molar refractivity (Wildman–Crippen MR) is 96.2 cm³/mol. The molecule has 0 aliphatic rings. The van der Waals surface area contributed by atoms with E-state index >= 15 is 0 Å². The van der Waals surface area contributed by atoms with Gasteiger partial charge in [0.15, 0.2) is 5.92 Å². The second kappa shape index (κ2) is 9.58. The van der Waals surface area contributed by atoms with E-state index in [-0.39, 0.29) is 17.5 Å². The molecule has 1 amide bonds. The number of hydrogen-bond acceptors (Lipinski definition) is 5. The van der Waals surface area contributed by atoms with Gasteiger partial charge in [-0.05, 0) is 25.0 Å². The Kier molecular flexibility index (Phi) is 7.15. The van der Waals surface area contributed by atoms with Crippen LogP contribution in [0.15, 0.2) is 24.3 Å². The topological polar surface area (TPSA) is 87.9 Å². The van der Waals surface area contributed by atoms with E-state index in [2.05, 4.69) is 22.2 Å². The van der Waals surface area contributed by atoms with E-state index in [1.165, 1.54) is 0 Å². The van der Waals surface area contributed by atoms with Crippen LogP contribution in [0.25, 0.3) is 11.0 Å². The Hall–Kier alpha value is -2.68. The summed E-state index contributed by atoms with van der Waals surface area (Å²) < 4.78 is 5.74. The molecule has 1 heterocycles. The van der Waals surface area contributed by atoms with E-state index in [4.69, 9.17) is 4.74 Å². The fourth-order valence-electron chi connectivity index (χ4n) is 2.34. The number of ether oxygens (including phenoxy) is 1. The maximum atomic E-state index is 12.4. The van der Waals surface area contributed by atoms with Gasteiger partial charge < -0.3 is 10.1 Å². The molecule has 1 N–H and O–H groups in total. The quantitative estimate of drug-likeness (QED) is 0.707. The van der Waals surface area contributed by atoms with Crippen molar-refractivity contribution >= 4 is 16.9 Å². The van der Waals surface area contributed by atoms with Gasteiger partial charge in [-0.3, -0.25) is 4.79 Å². The number of hydrogen-bond donors (Lipinski definition) is 1. The third-order valence-corrected chi connectivity index (χ3v) is 3.79. The maximum Gasteiger partial charge on any atom is 0.243 e. The molecule has 0 bridgehead atoms. The minimum atomic E-state index is -1.04. The zero-order valence-corrected chi connectivity index (χ0v) is 14.8. The van der Waals surface area contributed by atoms with Crippen LogP contribution in [0.4, 0.5) is 0 Å². The lowest BCUT2D eigenvalue weighted by molar-refractivity contribution is -0.121. The summed E-state index contributed by atoms with van der Waals surface area (Å²) in [6, 6.07) is 9.41. The van der Waals surface area contributed by atoms with Crippen LogP contribution in [0.2, 0.25) is 0 Å². The Morgan fingerprint density at radius 3 is 2.52 bits per heavy atom. The summed E-state index contributed by atoms with van der Waals surface area (Å²) in [5, 5.41) is 12.3. The molecule has 132 valence electrons. The van der Waals surface area contributed by atoms with Crippen molar-refractivity contribution in [3.05, 3.63) is 30.0 Å². The summed E-state index contributed by atoms with van der Waals surface area (Å²) in [6.45, 7) is 5.13. The van der Waals surface area contributed by atoms with Crippen LogP contribution < -0.4 is 10.1 Å². The van der Waals surface area contributed by atoms with Crippen molar-refractivity contribution in [3.8, 4) is 11.9 Å². The van der Waals surface area contributed by atoms with Crippen molar-refractivity contribution in [1.82, 2.24) is 15.3 Å². The van der Waals surface area contributed by atoms with Crippen LogP contribution in [0.5, 0.6) is 5.88 Å². The molecule has 0 spiro atoms. The average molecular weight is 340 g/mol. The summed E-state index contributed by atoms with van der Waals surface area (Å²) in [5.74, 6) is -1.13. The van der Waals surface area contributed by atoms with Gasteiger partial charge in [-0.1, -0.05) is 38.8 Å². The standard InChI is InChI=1S/C19H24N4O2/c1-3-5-11-21-18(24)14(13-20)17-19(25-12-6-4-2)23-16-10-8-7-9-15(16)22-17/h7-10,14H,3-6,11-12H2,1-2H3,(H,21,24)/t14-/m1/s1. The van der Waals surface area contributed by atoms with E-state index in [1.807, 2.05) is 37.3 Å². The second-order valence-electron chi connectivity index (χ2n) is 5.81. The largest absolute Gasteiger partial charge is 0.476 e. The summed E-state index contributed by atoms with van der Waals surface area (Å²) in [6.07, 6.45) is 3.69. The van der Waals surface area contributed by atoms with Gasteiger partial charge in [-0.25, -0.2) is 9.97 Å². The third-order valence-electron chi connectivity index (χ3n) is 3.79. The first-order valence-electron chi connectivity index (χ1n) is 8.78. The Morgan fingerprint density at radius 1 is 1.20 bits per heavy atom. The van der Waals surface area contributed by atoms with Crippen molar-refractivity contribution in [2.45, 2.75) is 45.4 Å². The normalized spacial score (nSPS) is 11.7. The van der Waals surface area contributed by atoms with Crippen LogP contribution >= 0.6 is 0 Å². The lowest BCUT2D eigenvalue weighted by Crippen LogP contribution is -2.30. The van der Waals surface area contributed by atoms with Crippen LogP contribution in [0.1, 0.15) is 51.1 Å². The summed E-state index contributed by atoms with van der Waals surface area (Å²) in [7, 11) is 0. The molecule has 0 aliphatic heterocycles. The molecular formula is C19H24N4O2. The van der Waals surface area contributed by atoms with Gasteiger partial charge >= 0.3 is 0 Å². The minimum absolute atomic E-state index is 0.268. The monoisotopic (exact) mass is 340 g/mol. The van der Waals surface area contributed by atoms with Gasteiger partial charge in [0.05, 0.1) is 23.7 Å². The first kappa shape index (κ1) is 18.7. The summed E-state index contributed by atoms with van der Waals surface area (Å²) in [5.41, 5.74) is 1.61. The maximum absolute atomic E-state index is 12.4. The van der Waals surface area contributed by atoms with Gasteiger partial charge in [0.1, 0.15) is 5.69 Å². The number of rotatable bonds is 9. The summed E-state index contributed by atoms with van der Waals surface area (Å²) in [4.78, 5) is 21.4. The summed E-state index contributed by atoms with van der Waals surface area (Å²) >= 11 is 0. The lowest BCUT2D eigenvalue weighted by Gasteiger charge is -2.14. The number of benzene rings is 1. The number of carbonyl (C=O) groups is 1. The third kappa shape index (κ3) is 4.90. The number of aromatic nitrogens is 2. The molecule has 0 fully saturated rings. The molecule has 1 aromatic carbocycles. The zero-order valence-electron chi connectivity index (χ0n) is 14.8. The number of nitrogens with one attached hydrogen (secondary N) is 1. The van der Waals surface area contributed by atoms with E-state index in [0.717, 1.165) is 25.7 Å². The van der Waals surface area contributed by atoms with Gasteiger partial charge in [0, 0.05) is 6.54 Å². The number of nitriles is 1. The fourth-order valence-corrected chi connectivity index (χ4v) is 2.34. The van der Waals surface area contributed by atoms with Crippen molar-refractivity contribution in [3.63, 3.8) is 0 Å². The predicted octanol–water partition coefficient (Wildman–Crippen LogP) is 3.33. The zero-order chi connectivity index (χ0) is 18.1. The van der Waals surface area contributed by atoms with E-state index in [0.29, 0.717) is 24.2 Å². The first-order valence-corrected chi connectivity index (χ1v) is 8.78. The second-order valence-corrected chi connectivity index (χ2v) is 5.81. The van der Waals surface area contributed by atoms with E-state index in [9.17, 15) is 10.1 Å². The van der Waals surface area contributed by atoms with Gasteiger partial charge in [0.2, 0.25) is 11.8 Å². The van der Waals surface area contributed by atoms with Gasteiger partial charge in [-0.15, -0.1) is 0 Å². The number of carbonyl (C=O) groups excluding carboxylic acids is 1. The Morgan fingerprint density at radius 2 is 1.88 bits per heavy atom. The highest BCUT2D eigenvalue weighted by molar-refractivity contribution is 5.87. The van der Waals surface area contributed by atoms with Gasteiger partial charge in [0.25, 0.3) is 0 Å². The molecule has 0 radical (unpaired) electrons. The molecule has 6 heteroatoms. The van der Waals surface area contributed by atoms with Gasteiger partial charge in [-0.2, -0.15) is 5.26 Å². The average Bonchev–Trinajstić information content (AvgIpc) is 2.63. The lowest BCUT2D eigenvalue weighted by atomic mass is 10.1. The highest BCUT2D eigenvalue weighted by Gasteiger charge is 2.27. The Balaban J connectivity index is 2.35. The minimum Gasteiger partial charge on any atom is -0.476 e. The number of unbranched alkanes of at least 4 members (excludes halogenated alkanes) is 2. The molecule has 6 nitrogen and oxygen atoms in total. The molecular weight excluding hydrogens is 316 g/mol. The molecule has 2 rings (SSSR count). The first-order chi connectivity index (χ1) is 12.2. The SMILES string of the molecule is CCCCNC(=O)[C@H](C#N)c1nc2ccccc2nc1OCCCC. The smallest absolute Gasteiger partial charge is 0.243 e. The molecule has 0 unspecified atom stereocenters. The highest BCUT2D eigenvalue weighted by atomic mass is 16.5. The number of nitrogens with zero attached hydrogens (tertiary/aromatic N) is 3. The van der Waals surface area contributed by atoms with Crippen molar-refractivity contribution in [2.75, 3.05) is 13.2 Å². The van der Waals surface area contributed by atoms with E-state index in [1.54, 1.807) is 0 Å². The fraction of sp³-hybridized carbons (Fsp3) is 0.474. The van der Waals surface area contributed by atoms with Crippen molar-refractivity contribution < 1.29 is 9.53 Å². The molecule has 0 saturated heterocycles. The van der Waals surface area contributed by atoms with E-state index < -0.39 is 5.92 Å². The number of fused-ring (bicyclic) bond motifs is 1. The molecule has 0 saturated carbocycles. The number of amides is 1. The molecule has 1 atom stereocenters. The van der Waals surface area contributed by atoms with Crippen LogP contribution in [-0.2, 0) is 4.79 Å². The van der Waals surface area contributed by atoms with Crippen molar-refractivity contribution in [1.29, 1.82) is 5.26 Å².